The van der Waals surface area contributed by atoms with Gasteiger partial charge >= 0.3 is 0 Å². The second-order valence-electron chi connectivity index (χ2n) is 6.68. The summed E-state index contributed by atoms with van der Waals surface area (Å²) in [6.07, 6.45) is 5.09. The fourth-order valence-corrected chi connectivity index (χ4v) is 3.11. The molecule has 112 valence electrons. The monoisotopic (exact) mass is 295 g/mol. The average Bonchev–Trinajstić information content (AvgIpc) is 2.40. The molecule has 1 unspecified atom stereocenters. The number of rotatable bonds is 4. The number of benzene rings is 1. The van der Waals surface area contributed by atoms with E-state index in [9.17, 15) is 0 Å². The van der Waals surface area contributed by atoms with Crippen LogP contribution in [0.5, 0.6) is 5.75 Å². The third-order valence-electron chi connectivity index (χ3n) is 4.46. The first kappa shape index (κ1) is 15.7. The molecule has 1 atom stereocenters. The number of hydrogen-bond acceptors (Lipinski definition) is 2. The first-order valence-corrected chi connectivity index (χ1v) is 7.92. The molecule has 0 saturated heterocycles. The molecule has 1 aromatic carbocycles. The molecule has 1 saturated carbocycles. The van der Waals surface area contributed by atoms with E-state index >= 15 is 0 Å². The molecule has 1 aliphatic rings. The Hall–Kier alpha value is -0.730. The summed E-state index contributed by atoms with van der Waals surface area (Å²) < 4.78 is 6.09. The summed E-state index contributed by atoms with van der Waals surface area (Å²) in [6, 6.07) is 6.30. The van der Waals surface area contributed by atoms with Crippen LogP contribution in [-0.2, 0) is 0 Å². The Labute approximate surface area is 127 Å². The van der Waals surface area contributed by atoms with Crippen LogP contribution >= 0.6 is 11.6 Å². The van der Waals surface area contributed by atoms with E-state index in [0.717, 1.165) is 29.2 Å². The Morgan fingerprint density at radius 2 is 1.95 bits per heavy atom. The molecule has 0 amide bonds. The van der Waals surface area contributed by atoms with Crippen molar-refractivity contribution in [3.63, 3.8) is 0 Å². The van der Waals surface area contributed by atoms with Gasteiger partial charge < -0.3 is 10.1 Å². The van der Waals surface area contributed by atoms with E-state index in [1.165, 1.54) is 12.8 Å². The van der Waals surface area contributed by atoms with Gasteiger partial charge in [0.1, 0.15) is 5.75 Å². The van der Waals surface area contributed by atoms with Gasteiger partial charge in [-0.1, -0.05) is 31.5 Å². The average molecular weight is 296 g/mol. The molecule has 1 aliphatic carbocycles. The Morgan fingerprint density at radius 1 is 1.30 bits per heavy atom. The van der Waals surface area contributed by atoms with Crippen molar-refractivity contribution in [3.8, 4) is 5.75 Å². The molecule has 1 fully saturated rings. The van der Waals surface area contributed by atoms with Crippen LogP contribution in [0.25, 0.3) is 0 Å². The summed E-state index contributed by atoms with van der Waals surface area (Å²) in [4.78, 5) is 0. The van der Waals surface area contributed by atoms with Crippen LogP contribution in [0.4, 0.5) is 0 Å². The maximum atomic E-state index is 6.35. The van der Waals surface area contributed by atoms with Crippen molar-refractivity contribution in [2.45, 2.75) is 58.6 Å². The van der Waals surface area contributed by atoms with Gasteiger partial charge in [-0.3, -0.25) is 0 Å². The SMILES string of the molecule is CNC(C)c1ccc(OC2CCC(C)(C)CC2)cc1Cl. The summed E-state index contributed by atoms with van der Waals surface area (Å²) in [5, 5.41) is 3.98. The predicted molar refractivity (Wildman–Crippen MR) is 85.6 cm³/mol. The van der Waals surface area contributed by atoms with Crippen LogP contribution in [0.15, 0.2) is 18.2 Å². The minimum Gasteiger partial charge on any atom is -0.490 e. The van der Waals surface area contributed by atoms with Crippen molar-refractivity contribution in [1.82, 2.24) is 5.32 Å². The molecule has 3 heteroatoms. The highest BCUT2D eigenvalue weighted by atomic mass is 35.5. The molecule has 0 spiro atoms. The largest absolute Gasteiger partial charge is 0.490 e. The van der Waals surface area contributed by atoms with Gasteiger partial charge in [-0.25, -0.2) is 0 Å². The topological polar surface area (TPSA) is 21.3 Å². The second kappa shape index (κ2) is 6.36. The zero-order valence-electron chi connectivity index (χ0n) is 13.0. The lowest BCUT2D eigenvalue weighted by atomic mass is 9.76. The van der Waals surface area contributed by atoms with Crippen molar-refractivity contribution in [1.29, 1.82) is 0 Å². The Bertz CT molecular complexity index is 448. The minimum atomic E-state index is 0.257. The van der Waals surface area contributed by atoms with E-state index in [-0.39, 0.29) is 6.04 Å². The van der Waals surface area contributed by atoms with E-state index in [0.29, 0.717) is 11.5 Å². The molecule has 0 heterocycles. The molecular weight excluding hydrogens is 270 g/mol. The molecule has 0 bridgehead atoms. The van der Waals surface area contributed by atoms with Crippen LogP contribution < -0.4 is 10.1 Å². The Morgan fingerprint density at radius 3 is 2.50 bits per heavy atom. The second-order valence-corrected chi connectivity index (χ2v) is 7.08. The lowest BCUT2D eigenvalue weighted by Crippen LogP contribution is -2.28. The molecule has 2 nitrogen and oxygen atoms in total. The van der Waals surface area contributed by atoms with Crippen molar-refractivity contribution < 1.29 is 4.74 Å². The van der Waals surface area contributed by atoms with E-state index in [4.69, 9.17) is 16.3 Å². The third-order valence-corrected chi connectivity index (χ3v) is 4.79. The normalized spacial score (nSPS) is 20.6. The lowest BCUT2D eigenvalue weighted by molar-refractivity contribution is 0.0987. The highest BCUT2D eigenvalue weighted by molar-refractivity contribution is 6.31. The molecule has 0 radical (unpaired) electrons. The molecule has 1 aromatic rings. The zero-order valence-corrected chi connectivity index (χ0v) is 13.8. The van der Waals surface area contributed by atoms with Crippen LogP contribution in [-0.4, -0.2) is 13.2 Å². The first-order chi connectivity index (χ1) is 9.41. The molecule has 2 rings (SSSR count). The smallest absolute Gasteiger partial charge is 0.121 e. The van der Waals surface area contributed by atoms with Crippen molar-refractivity contribution in [3.05, 3.63) is 28.8 Å². The van der Waals surface area contributed by atoms with Gasteiger partial charge in [0.05, 0.1) is 6.10 Å². The van der Waals surface area contributed by atoms with Crippen molar-refractivity contribution in [2.75, 3.05) is 7.05 Å². The maximum absolute atomic E-state index is 6.35. The molecular formula is C17H26ClNO. The fourth-order valence-electron chi connectivity index (χ4n) is 2.77. The van der Waals surface area contributed by atoms with Crippen LogP contribution in [0.2, 0.25) is 5.02 Å². The minimum absolute atomic E-state index is 0.257. The Balaban J connectivity index is 1.99. The van der Waals surface area contributed by atoms with Gasteiger partial charge in [0, 0.05) is 11.1 Å². The van der Waals surface area contributed by atoms with E-state index in [1.54, 1.807) is 0 Å². The summed E-state index contributed by atoms with van der Waals surface area (Å²) in [5.41, 5.74) is 1.59. The summed E-state index contributed by atoms with van der Waals surface area (Å²) in [6.45, 7) is 6.78. The number of ether oxygens (including phenoxy) is 1. The lowest BCUT2D eigenvalue weighted by Gasteiger charge is -2.34. The standard InChI is InChI=1S/C17H26ClNO/c1-12(19-4)15-6-5-14(11-16(15)18)20-13-7-9-17(2,3)10-8-13/h5-6,11-13,19H,7-10H2,1-4H3. The van der Waals surface area contributed by atoms with Crippen molar-refractivity contribution >= 4 is 11.6 Å². The van der Waals surface area contributed by atoms with Crippen molar-refractivity contribution in [2.24, 2.45) is 5.41 Å². The number of halogens is 1. The highest BCUT2D eigenvalue weighted by Crippen LogP contribution is 2.37. The van der Waals surface area contributed by atoms with Gasteiger partial charge in [0.25, 0.3) is 0 Å². The number of nitrogens with one attached hydrogen (secondary N) is 1. The third kappa shape index (κ3) is 3.89. The van der Waals surface area contributed by atoms with Gasteiger partial charge in [0.2, 0.25) is 0 Å². The Kier molecular flexibility index (Phi) is 4.98. The van der Waals surface area contributed by atoms with Gasteiger partial charge in [0.15, 0.2) is 0 Å². The summed E-state index contributed by atoms with van der Waals surface area (Å²) in [7, 11) is 1.94. The van der Waals surface area contributed by atoms with E-state index in [1.807, 2.05) is 19.2 Å². The molecule has 1 N–H and O–H groups in total. The van der Waals surface area contributed by atoms with Gasteiger partial charge in [-0.05, 0) is 62.8 Å². The summed E-state index contributed by atoms with van der Waals surface area (Å²) >= 11 is 6.35. The van der Waals surface area contributed by atoms with Gasteiger partial charge in [-0.2, -0.15) is 0 Å². The quantitative estimate of drug-likeness (QED) is 0.847. The predicted octanol–water partition coefficient (Wildman–Crippen LogP) is 4.97. The van der Waals surface area contributed by atoms with Crippen LogP contribution in [0, 0.1) is 5.41 Å². The molecule has 20 heavy (non-hydrogen) atoms. The zero-order chi connectivity index (χ0) is 14.8. The van der Waals surface area contributed by atoms with E-state index < -0.39 is 0 Å². The molecule has 0 aromatic heterocycles. The molecule has 0 aliphatic heterocycles. The first-order valence-electron chi connectivity index (χ1n) is 7.55. The summed E-state index contributed by atoms with van der Waals surface area (Å²) in [5.74, 6) is 0.895. The maximum Gasteiger partial charge on any atom is 0.121 e. The fraction of sp³-hybridized carbons (Fsp3) is 0.647. The van der Waals surface area contributed by atoms with Gasteiger partial charge in [-0.15, -0.1) is 0 Å². The van der Waals surface area contributed by atoms with Crippen LogP contribution in [0.1, 0.15) is 58.1 Å². The highest BCUT2D eigenvalue weighted by Gasteiger charge is 2.27. The van der Waals surface area contributed by atoms with Crippen LogP contribution in [0.3, 0.4) is 0 Å². The van der Waals surface area contributed by atoms with E-state index in [2.05, 4.69) is 32.2 Å². The number of hydrogen-bond donors (Lipinski definition) is 1.